The number of hydrogen-bond acceptors (Lipinski definition) is 5. The molecule has 2 aromatic rings. The van der Waals surface area contributed by atoms with Crippen molar-refractivity contribution in [3.05, 3.63) is 23.2 Å². The lowest BCUT2D eigenvalue weighted by molar-refractivity contribution is -0.0292. The first-order valence-corrected chi connectivity index (χ1v) is 6.71. The quantitative estimate of drug-likeness (QED) is 0.854. The average Bonchev–Trinajstić information content (AvgIpc) is 3.00. The van der Waals surface area contributed by atoms with E-state index in [-0.39, 0.29) is 30.0 Å². The standard InChI is InChI=1S/C13H13ClN4O2/c1-7-2-9(5-19)20-13(7)18-4-8(3-15)10-11(14)16-6-17-12(10)18/h4,6-7,9,13,19H,2,5H2,1H3/t7-,9-,13+/m0/s1. The van der Waals surface area contributed by atoms with Gasteiger partial charge in [-0.15, -0.1) is 0 Å². The van der Waals surface area contributed by atoms with Crippen LogP contribution in [0.5, 0.6) is 0 Å². The maximum atomic E-state index is 9.22. The molecule has 20 heavy (non-hydrogen) atoms. The van der Waals surface area contributed by atoms with Gasteiger partial charge in [0.05, 0.1) is 23.7 Å². The number of ether oxygens (including phenoxy) is 1. The summed E-state index contributed by atoms with van der Waals surface area (Å²) in [5, 5.41) is 19.2. The SMILES string of the molecule is C[C@H]1C[C@@H](CO)O[C@H]1n1cc(C#N)c2c(Cl)ncnc21. The van der Waals surface area contributed by atoms with E-state index in [1.165, 1.54) is 6.33 Å². The molecule has 0 unspecified atom stereocenters. The van der Waals surface area contributed by atoms with Crippen molar-refractivity contribution in [2.45, 2.75) is 25.7 Å². The Hall–Kier alpha value is -1.68. The number of nitriles is 1. The first-order valence-electron chi connectivity index (χ1n) is 6.33. The van der Waals surface area contributed by atoms with Gasteiger partial charge >= 0.3 is 0 Å². The van der Waals surface area contributed by atoms with E-state index in [1.54, 1.807) is 6.20 Å². The summed E-state index contributed by atoms with van der Waals surface area (Å²) in [6.45, 7) is 2.03. The molecule has 0 amide bonds. The molecule has 104 valence electrons. The Morgan fingerprint density at radius 3 is 3.05 bits per heavy atom. The largest absolute Gasteiger partial charge is 0.394 e. The van der Waals surface area contributed by atoms with Crippen LogP contribution in [0.4, 0.5) is 0 Å². The zero-order valence-electron chi connectivity index (χ0n) is 10.8. The molecular formula is C13H13ClN4O2. The molecule has 0 bridgehead atoms. The summed E-state index contributed by atoms with van der Waals surface area (Å²) in [4.78, 5) is 8.13. The van der Waals surface area contributed by atoms with Crippen molar-refractivity contribution < 1.29 is 9.84 Å². The summed E-state index contributed by atoms with van der Waals surface area (Å²) in [6.07, 6.45) is 3.37. The fourth-order valence-electron chi connectivity index (χ4n) is 2.70. The highest BCUT2D eigenvalue weighted by Gasteiger charge is 2.34. The molecule has 3 rings (SSSR count). The van der Waals surface area contributed by atoms with Gasteiger partial charge in [0.1, 0.15) is 29.4 Å². The lowest BCUT2D eigenvalue weighted by Crippen LogP contribution is -2.15. The van der Waals surface area contributed by atoms with E-state index in [0.717, 1.165) is 6.42 Å². The predicted octanol–water partition coefficient (Wildman–Crippen LogP) is 1.87. The lowest BCUT2D eigenvalue weighted by Gasteiger charge is -2.17. The Balaban J connectivity index is 2.14. The van der Waals surface area contributed by atoms with E-state index in [0.29, 0.717) is 16.6 Å². The molecule has 0 spiro atoms. The van der Waals surface area contributed by atoms with E-state index in [9.17, 15) is 10.4 Å². The molecule has 0 saturated carbocycles. The van der Waals surface area contributed by atoms with Crippen molar-refractivity contribution in [3.63, 3.8) is 0 Å². The number of aliphatic hydroxyl groups excluding tert-OH is 1. The van der Waals surface area contributed by atoms with Crippen LogP contribution in [0.3, 0.4) is 0 Å². The first kappa shape index (κ1) is 13.3. The van der Waals surface area contributed by atoms with Gasteiger partial charge < -0.3 is 14.4 Å². The Morgan fingerprint density at radius 2 is 2.40 bits per heavy atom. The van der Waals surface area contributed by atoms with Crippen LogP contribution in [0.2, 0.25) is 5.15 Å². The second-order valence-electron chi connectivity index (χ2n) is 4.97. The van der Waals surface area contributed by atoms with Crippen LogP contribution in [0, 0.1) is 17.2 Å². The van der Waals surface area contributed by atoms with Gasteiger partial charge in [-0.3, -0.25) is 0 Å². The second-order valence-corrected chi connectivity index (χ2v) is 5.33. The minimum atomic E-state index is -0.261. The van der Waals surface area contributed by atoms with Crippen LogP contribution in [0.1, 0.15) is 25.1 Å². The van der Waals surface area contributed by atoms with Crippen molar-refractivity contribution in [1.29, 1.82) is 5.26 Å². The number of nitrogens with zero attached hydrogens (tertiary/aromatic N) is 4. The van der Waals surface area contributed by atoms with Gasteiger partial charge in [-0.25, -0.2) is 9.97 Å². The van der Waals surface area contributed by atoms with Crippen molar-refractivity contribution in [2.24, 2.45) is 5.92 Å². The number of fused-ring (bicyclic) bond motifs is 1. The van der Waals surface area contributed by atoms with E-state index >= 15 is 0 Å². The summed E-state index contributed by atoms with van der Waals surface area (Å²) in [6, 6.07) is 2.10. The maximum absolute atomic E-state index is 9.22. The number of aromatic nitrogens is 3. The molecule has 3 heterocycles. The highest BCUT2D eigenvalue weighted by molar-refractivity contribution is 6.34. The van der Waals surface area contributed by atoms with Crippen LogP contribution in [-0.2, 0) is 4.74 Å². The molecule has 2 aromatic heterocycles. The van der Waals surface area contributed by atoms with Crippen molar-refractivity contribution in [1.82, 2.24) is 14.5 Å². The Morgan fingerprint density at radius 1 is 1.60 bits per heavy atom. The molecule has 7 heteroatoms. The minimum absolute atomic E-state index is 0.0130. The van der Waals surface area contributed by atoms with Gasteiger partial charge in [-0.05, 0) is 6.42 Å². The molecule has 1 aliphatic heterocycles. The zero-order chi connectivity index (χ0) is 14.3. The van der Waals surface area contributed by atoms with Crippen LogP contribution in [0.25, 0.3) is 11.0 Å². The van der Waals surface area contributed by atoms with Gasteiger partial charge in [0.25, 0.3) is 0 Å². The average molecular weight is 293 g/mol. The van der Waals surface area contributed by atoms with Crippen LogP contribution in [0.15, 0.2) is 12.5 Å². The van der Waals surface area contributed by atoms with E-state index in [2.05, 4.69) is 16.0 Å². The highest BCUT2D eigenvalue weighted by Crippen LogP contribution is 2.37. The molecule has 0 aliphatic carbocycles. The fraction of sp³-hybridized carbons (Fsp3) is 0.462. The topological polar surface area (TPSA) is 84.0 Å². The summed E-state index contributed by atoms with van der Waals surface area (Å²) >= 11 is 6.06. The predicted molar refractivity (Wildman–Crippen MR) is 72.0 cm³/mol. The highest BCUT2D eigenvalue weighted by atomic mass is 35.5. The Labute approximate surface area is 120 Å². The molecule has 1 saturated heterocycles. The third kappa shape index (κ3) is 1.95. The summed E-state index contributed by atoms with van der Waals surface area (Å²) in [5.74, 6) is 0.211. The van der Waals surface area contributed by atoms with Gasteiger partial charge in [-0.1, -0.05) is 18.5 Å². The minimum Gasteiger partial charge on any atom is -0.394 e. The Kier molecular flexibility index (Phi) is 3.34. The molecule has 6 nitrogen and oxygen atoms in total. The molecule has 1 N–H and O–H groups in total. The summed E-state index contributed by atoms with van der Waals surface area (Å²) in [5.41, 5.74) is 1.01. The van der Waals surface area contributed by atoms with Gasteiger partial charge in [0, 0.05) is 12.1 Å². The number of rotatable bonds is 2. The van der Waals surface area contributed by atoms with Crippen LogP contribution < -0.4 is 0 Å². The normalized spacial score (nSPS) is 26.0. The number of aliphatic hydroxyl groups is 1. The molecule has 0 radical (unpaired) electrons. The van der Waals surface area contributed by atoms with Gasteiger partial charge in [0.2, 0.25) is 0 Å². The maximum Gasteiger partial charge on any atom is 0.148 e. The lowest BCUT2D eigenvalue weighted by atomic mass is 10.1. The van der Waals surface area contributed by atoms with E-state index < -0.39 is 0 Å². The molecule has 0 aromatic carbocycles. The molecule has 1 aliphatic rings. The van der Waals surface area contributed by atoms with Crippen LogP contribution >= 0.6 is 11.6 Å². The fourth-order valence-corrected chi connectivity index (χ4v) is 2.93. The molecule has 1 fully saturated rings. The smallest absolute Gasteiger partial charge is 0.148 e. The van der Waals surface area contributed by atoms with Gasteiger partial charge in [0.15, 0.2) is 0 Å². The second kappa shape index (κ2) is 5.02. The van der Waals surface area contributed by atoms with Gasteiger partial charge in [-0.2, -0.15) is 5.26 Å². The van der Waals surface area contributed by atoms with Crippen molar-refractivity contribution >= 4 is 22.6 Å². The van der Waals surface area contributed by atoms with E-state index in [4.69, 9.17) is 16.3 Å². The van der Waals surface area contributed by atoms with Crippen molar-refractivity contribution in [2.75, 3.05) is 6.61 Å². The Bertz CT molecular complexity index is 693. The van der Waals surface area contributed by atoms with Crippen LogP contribution in [-0.4, -0.2) is 32.4 Å². The molecule has 3 atom stereocenters. The number of halogens is 1. The summed E-state index contributed by atoms with van der Waals surface area (Å²) in [7, 11) is 0. The zero-order valence-corrected chi connectivity index (χ0v) is 11.6. The van der Waals surface area contributed by atoms with Crippen molar-refractivity contribution in [3.8, 4) is 6.07 Å². The summed E-state index contributed by atoms with van der Waals surface area (Å²) < 4.78 is 7.62. The third-order valence-electron chi connectivity index (χ3n) is 3.61. The molecular weight excluding hydrogens is 280 g/mol. The van der Waals surface area contributed by atoms with E-state index in [1.807, 2.05) is 11.5 Å². The first-order chi connectivity index (χ1) is 9.65. The monoisotopic (exact) mass is 292 g/mol. The number of hydrogen-bond donors (Lipinski definition) is 1. The third-order valence-corrected chi connectivity index (χ3v) is 3.90.